The molecular weight excluding hydrogens is 330 g/mol. The van der Waals surface area contributed by atoms with Crippen molar-refractivity contribution in [1.29, 1.82) is 0 Å². The van der Waals surface area contributed by atoms with Crippen LogP contribution in [0.2, 0.25) is 5.02 Å². The molecule has 2 aromatic carbocycles. The van der Waals surface area contributed by atoms with Crippen molar-refractivity contribution in [3.63, 3.8) is 0 Å². The van der Waals surface area contributed by atoms with Crippen LogP contribution in [0.1, 0.15) is 6.92 Å². The van der Waals surface area contributed by atoms with E-state index in [0.29, 0.717) is 22.0 Å². The van der Waals surface area contributed by atoms with E-state index in [2.05, 4.69) is 5.32 Å². The van der Waals surface area contributed by atoms with Crippen molar-refractivity contribution in [3.05, 3.63) is 70.0 Å². The summed E-state index contributed by atoms with van der Waals surface area (Å²) in [4.78, 5) is 23.5. The maximum Gasteiger partial charge on any atom is 0.336 e. The number of hydrogen-bond donors (Lipinski definition) is 1. The molecule has 3 rings (SSSR count). The molecule has 0 fully saturated rings. The number of benzene rings is 2. The number of anilines is 1. The third-order valence-electron chi connectivity index (χ3n) is 3.37. The van der Waals surface area contributed by atoms with Gasteiger partial charge in [-0.05, 0) is 43.3 Å². The van der Waals surface area contributed by atoms with Gasteiger partial charge in [0.2, 0.25) is 0 Å². The molecule has 24 heavy (non-hydrogen) atoms. The quantitative estimate of drug-likeness (QED) is 0.730. The van der Waals surface area contributed by atoms with Crippen LogP contribution in [0.3, 0.4) is 0 Å². The van der Waals surface area contributed by atoms with Crippen molar-refractivity contribution in [2.45, 2.75) is 13.0 Å². The SMILES string of the molecule is C[C@H](Oc1ccc2ccc(=O)oc2c1)C(=O)Nc1cccc(Cl)c1. The van der Waals surface area contributed by atoms with Crippen LogP contribution in [0.15, 0.2) is 63.8 Å². The van der Waals surface area contributed by atoms with Crippen molar-refractivity contribution in [1.82, 2.24) is 0 Å². The zero-order valence-corrected chi connectivity index (χ0v) is 13.5. The zero-order chi connectivity index (χ0) is 17.1. The predicted octanol–water partition coefficient (Wildman–Crippen LogP) is 3.85. The highest BCUT2D eigenvalue weighted by molar-refractivity contribution is 6.30. The van der Waals surface area contributed by atoms with Crippen LogP contribution < -0.4 is 15.7 Å². The van der Waals surface area contributed by atoms with Crippen LogP contribution in [0.25, 0.3) is 11.0 Å². The lowest BCUT2D eigenvalue weighted by Gasteiger charge is -2.15. The predicted molar refractivity (Wildman–Crippen MR) is 92.7 cm³/mol. The molecular formula is C18H14ClNO4. The Bertz CT molecular complexity index is 951. The van der Waals surface area contributed by atoms with Crippen LogP contribution >= 0.6 is 11.6 Å². The molecule has 0 aliphatic heterocycles. The van der Waals surface area contributed by atoms with Gasteiger partial charge in [0.1, 0.15) is 11.3 Å². The third kappa shape index (κ3) is 3.75. The summed E-state index contributed by atoms with van der Waals surface area (Å²) in [5.41, 5.74) is 0.557. The van der Waals surface area contributed by atoms with E-state index in [4.69, 9.17) is 20.8 Å². The average Bonchev–Trinajstić information content (AvgIpc) is 2.54. The van der Waals surface area contributed by atoms with Crippen LogP contribution in [0.4, 0.5) is 5.69 Å². The number of hydrogen-bond acceptors (Lipinski definition) is 4. The fourth-order valence-electron chi connectivity index (χ4n) is 2.18. The first-order valence-electron chi connectivity index (χ1n) is 7.28. The normalized spacial score (nSPS) is 11.9. The number of amides is 1. The Balaban J connectivity index is 1.72. The molecule has 1 amide bonds. The second-order valence-corrected chi connectivity index (χ2v) is 5.65. The van der Waals surface area contributed by atoms with Gasteiger partial charge in [-0.15, -0.1) is 0 Å². The van der Waals surface area contributed by atoms with E-state index in [1.807, 2.05) is 0 Å². The number of halogens is 1. The molecule has 0 bridgehead atoms. The molecule has 1 atom stereocenters. The minimum absolute atomic E-state index is 0.313. The summed E-state index contributed by atoms with van der Waals surface area (Å²) in [6.07, 6.45) is -0.739. The van der Waals surface area contributed by atoms with Crippen molar-refractivity contribution in [3.8, 4) is 5.75 Å². The molecule has 1 heterocycles. The molecule has 122 valence electrons. The zero-order valence-electron chi connectivity index (χ0n) is 12.8. The fourth-order valence-corrected chi connectivity index (χ4v) is 2.37. The summed E-state index contributed by atoms with van der Waals surface area (Å²) in [7, 11) is 0. The van der Waals surface area contributed by atoms with E-state index in [1.54, 1.807) is 55.5 Å². The summed E-state index contributed by atoms with van der Waals surface area (Å²) in [5, 5.41) is 4.04. The Morgan fingerprint density at radius 1 is 1.17 bits per heavy atom. The Labute approximate surface area is 142 Å². The van der Waals surface area contributed by atoms with Gasteiger partial charge in [0.15, 0.2) is 6.10 Å². The lowest BCUT2D eigenvalue weighted by molar-refractivity contribution is -0.122. The van der Waals surface area contributed by atoms with Crippen molar-refractivity contribution < 1.29 is 13.9 Å². The topological polar surface area (TPSA) is 68.5 Å². The van der Waals surface area contributed by atoms with Gasteiger partial charge in [0.05, 0.1) is 0 Å². The molecule has 0 spiro atoms. The molecule has 0 aliphatic carbocycles. The van der Waals surface area contributed by atoms with E-state index in [0.717, 1.165) is 5.39 Å². The number of rotatable bonds is 4. The number of carbonyl (C=O) groups is 1. The van der Waals surface area contributed by atoms with Gasteiger partial charge < -0.3 is 14.5 Å². The Morgan fingerprint density at radius 3 is 2.75 bits per heavy atom. The maximum atomic E-state index is 12.2. The van der Waals surface area contributed by atoms with Gasteiger partial charge >= 0.3 is 5.63 Å². The highest BCUT2D eigenvalue weighted by atomic mass is 35.5. The van der Waals surface area contributed by atoms with Crippen molar-refractivity contribution >= 4 is 34.2 Å². The minimum atomic E-state index is -0.739. The fraction of sp³-hybridized carbons (Fsp3) is 0.111. The standard InChI is InChI=1S/C18H14ClNO4/c1-11(18(22)20-14-4-2-3-13(19)9-14)23-15-7-5-12-6-8-17(21)24-16(12)10-15/h2-11H,1H3,(H,20,22)/t11-/m0/s1. The van der Waals surface area contributed by atoms with E-state index in [9.17, 15) is 9.59 Å². The minimum Gasteiger partial charge on any atom is -0.481 e. The molecule has 6 heteroatoms. The van der Waals surface area contributed by atoms with Gasteiger partial charge in [0, 0.05) is 28.2 Å². The third-order valence-corrected chi connectivity index (χ3v) is 3.60. The largest absolute Gasteiger partial charge is 0.481 e. The van der Waals surface area contributed by atoms with E-state index in [-0.39, 0.29) is 5.91 Å². The Kier molecular flexibility index (Phi) is 4.53. The van der Waals surface area contributed by atoms with Crippen LogP contribution in [0, 0.1) is 0 Å². The average molecular weight is 344 g/mol. The summed E-state index contributed by atoms with van der Waals surface area (Å²) < 4.78 is 10.7. The first kappa shape index (κ1) is 16.1. The Morgan fingerprint density at radius 2 is 1.96 bits per heavy atom. The summed E-state index contributed by atoms with van der Waals surface area (Å²) in [6.45, 7) is 1.63. The molecule has 1 N–H and O–H groups in total. The van der Waals surface area contributed by atoms with Crippen LogP contribution in [0.5, 0.6) is 5.75 Å². The van der Waals surface area contributed by atoms with Crippen molar-refractivity contribution in [2.75, 3.05) is 5.32 Å². The van der Waals surface area contributed by atoms with Crippen LogP contribution in [-0.2, 0) is 4.79 Å². The smallest absolute Gasteiger partial charge is 0.336 e. The molecule has 0 radical (unpaired) electrons. The van der Waals surface area contributed by atoms with E-state index < -0.39 is 11.7 Å². The molecule has 0 saturated heterocycles. The van der Waals surface area contributed by atoms with Gasteiger partial charge in [-0.1, -0.05) is 17.7 Å². The number of carbonyl (C=O) groups excluding carboxylic acids is 1. The summed E-state index contributed by atoms with van der Waals surface area (Å²) in [6, 6.07) is 14.9. The van der Waals surface area contributed by atoms with E-state index in [1.165, 1.54) is 6.07 Å². The Hall–Kier alpha value is -2.79. The van der Waals surface area contributed by atoms with Gasteiger partial charge in [-0.2, -0.15) is 0 Å². The molecule has 3 aromatic rings. The highest BCUT2D eigenvalue weighted by Gasteiger charge is 2.15. The van der Waals surface area contributed by atoms with Gasteiger partial charge in [0.25, 0.3) is 5.91 Å². The summed E-state index contributed by atoms with van der Waals surface area (Å²) >= 11 is 5.89. The molecule has 0 unspecified atom stereocenters. The van der Waals surface area contributed by atoms with E-state index >= 15 is 0 Å². The second-order valence-electron chi connectivity index (χ2n) is 5.21. The van der Waals surface area contributed by atoms with Crippen LogP contribution in [-0.4, -0.2) is 12.0 Å². The number of fused-ring (bicyclic) bond motifs is 1. The van der Waals surface area contributed by atoms with Crippen molar-refractivity contribution in [2.24, 2.45) is 0 Å². The monoisotopic (exact) mass is 343 g/mol. The lowest BCUT2D eigenvalue weighted by Crippen LogP contribution is -2.30. The first-order valence-corrected chi connectivity index (χ1v) is 7.66. The highest BCUT2D eigenvalue weighted by Crippen LogP contribution is 2.21. The van der Waals surface area contributed by atoms with Gasteiger partial charge in [-0.25, -0.2) is 4.79 Å². The summed E-state index contributed by atoms with van der Waals surface area (Å²) in [5.74, 6) is 0.123. The second kappa shape index (κ2) is 6.76. The molecule has 0 aliphatic rings. The molecule has 0 saturated carbocycles. The first-order chi connectivity index (χ1) is 11.5. The number of ether oxygens (including phenoxy) is 1. The lowest BCUT2D eigenvalue weighted by atomic mass is 10.2. The maximum absolute atomic E-state index is 12.2. The molecule has 5 nitrogen and oxygen atoms in total. The molecule has 1 aromatic heterocycles. The van der Waals surface area contributed by atoms with Gasteiger partial charge in [-0.3, -0.25) is 4.79 Å². The number of nitrogens with one attached hydrogen (secondary N) is 1.